The number of rotatable bonds is 7. The van der Waals surface area contributed by atoms with Crippen LogP contribution in [0, 0.1) is 5.92 Å². The predicted octanol–water partition coefficient (Wildman–Crippen LogP) is 0.883. The van der Waals surface area contributed by atoms with Crippen molar-refractivity contribution in [1.29, 1.82) is 0 Å². The van der Waals surface area contributed by atoms with Gasteiger partial charge in [0.05, 0.1) is 12.6 Å². The third-order valence-electron chi connectivity index (χ3n) is 5.24. The Labute approximate surface area is 155 Å². The highest BCUT2D eigenvalue weighted by molar-refractivity contribution is 5.82. The summed E-state index contributed by atoms with van der Waals surface area (Å²) in [5.41, 5.74) is 1.11. The molecule has 2 saturated heterocycles. The number of nitrogens with zero attached hydrogens (tertiary/aromatic N) is 1. The Kier molecular flexibility index (Phi) is 7.03. The lowest BCUT2D eigenvalue weighted by molar-refractivity contribution is -0.124. The first kappa shape index (κ1) is 18.9. The zero-order valence-electron chi connectivity index (χ0n) is 15.4. The summed E-state index contributed by atoms with van der Waals surface area (Å²) in [6, 6.07) is 9.94. The maximum absolute atomic E-state index is 12.2. The molecule has 26 heavy (non-hydrogen) atoms. The van der Waals surface area contributed by atoms with Crippen LogP contribution in [0.5, 0.6) is 0 Å². The molecule has 0 radical (unpaired) electrons. The third kappa shape index (κ3) is 5.81. The first-order chi connectivity index (χ1) is 12.7. The number of piperidine rings is 1. The molecule has 3 N–H and O–H groups in total. The molecule has 0 aromatic heterocycles. The van der Waals surface area contributed by atoms with Gasteiger partial charge in [-0.1, -0.05) is 30.3 Å². The summed E-state index contributed by atoms with van der Waals surface area (Å²) in [7, 11) is 0. The molecule has 2 aliphatic rings. The molecular formula is C20H30N4O2. The van der Waals surface area contributed by atoms with E-state index in [-0.39, 0.29) is 17.9 Å². The highest BCUT2D eigenvalue weighted by Crippen LogP contribution is 2.15. The molecule has 2 aliphatic heterocycles. The molecule has 0 spiro atoms. The van der Waals surface area contributed by atoms with Crippen LogP contribution in [0.25, 0.3) is 0 Å². The van der Waals surface area contributed by atoms with Gasteiger partial charge in [-0.2, -0.15) is 0 Å². The van der Waals surface area contributed by atoms with Crippen molar-refractivity contribution in [1.82, 2.24) is 20.9 Å². The molecule has 142 valence electrons. The SMILES string of the molecule is O=C(CN1CCCC(CNC(=O)C2CCCN2)C1)NCc1ccccc1. The van der Waals surface area contributed by atoms with E-state index in [9.17, 15) is 9.59 Å². The lowest BCUT2D eigenvalue weighted by Crippen LogP contribution is -2.47. The van der Waals surface area contributed by atoms with E-state index < -0.39 is 0 Å². The Balaban J connectivity index is 1.36. The molecule has 3 rings (SSSR count). The summed E-state index contributed by atoms with van der Waals surface area (Å²) in [6.07, 6.45) is 4.20. The smallest absolute Gasteiger partial charge is 0.237 e. The Hall–Kier alpha value is -1.92. The van der Waals surface area contributed by atoms with Crippen LogP contribution in [0.2, 0.25) is 0 Å². The standard InChI is InChI=1S/C20H30N4O2/c25-19(22-12-16-6-2-1-3-7-16)15-24-11-5-8-17(14-24)13-23-20(26)18-9-4-10-21-18/h1-3,6-7,17-18,21H,4-5,8-15H2,(H,22,25)(H,23,26). The quantitative estimate of drug-likeness (QED) is 0.677. The Bertz CT molecular complexity index is 587. The Morgan fingerprint density at radius 3 is 2.73 bits per heavy atom. The van der Waals surface area contributed by atoms with Gasteiger partial charge in [-0.15, -0.1) is 0 Å². The number of amides is 2. The number of benzene rings is 1. The fraction of sp³-hybridized carbons (Fsp3) is 0.600. The van der Waals surface area contributed by atoms with Crippen molar-refractivity contribution in [2.45, 2.75) is 38.3 Å². The van der Waals surface area contributed by atoms with Gasteiger partial charge in [-0.25, -0.2) is 0 Å². The van der Waals surface area contributed by atoms with Gasteiger partial charge in [0.15, 0.2) is 0 Å². The lowest BCUT2D eigenvalue weighted by Gasteiger charge is -2.32. The van der Waals surface area contributed by atoms with Crippen LogP contribution in [-0.4, -0.2) is 55.5 Å². The van der Waals surface area contributed by atoms with E-state index >= 15 is 0 Å². The van der Waals surface area contributed by atoms with Gasteiger partial charge in [0.2, 0.25) is 11.8 Å². The zero-order chi connectivity index (χ0) is 18.2. The number of hydrogen-bond donors (Lipinski definition) is 3. The summed E-state index contributed by atoms with van der Waals surface area (Å²) in [6.45, 7) is 4.47. The molecule has 2 atom stereocenters. The minimum Gasteiger partial charge on any atom is -0.354 e. The van der Waals surface area contributed by atoms with Crippen molar-refractivity contribution in [2.75, 3.05) is 32.7 Å². The molecule has 2 unspecified atom stereocenters. The average molecular weight is 358 g/mol. The van der Waals surface area contributed by atoms with E-state index in [0.717, 1.165) is 50.9 Å². The van der Waals surface area contributed by atoms with E-state index in [1.54, 1.807) is 0 Å². The molecule has 1 aromatic carbocycles. The average Bonchev–Trinajstić information content (AvgIpc) is 3.20. The lowest BCUT2D eigenvalue weighted by atomic mass is 9.98. The van der Waals surface area contributed by atoms with Gasteiger partial charge in [-0.05, 0) is 50.3 Å². The van der Waals surface area contributed by atoms with Gasteiger partial charge < -0.3 is 16.0 Å². The Morgan fingerprint density at radius 2 is 1.96 bits per heavy atom. The highest BCUT2D eigenvalue weighted by atomic mass is 16.2. The fourth-order valence-electron chi connectivity index (χ4n) is 3.79. The first-order valence-electron chi connectivity index (χ1n) is 9.75. The number of likely N-dealkylation sites (tertiary alicyclic amines) is 1. The second-order valence-electron chi connectivity index (χ2n) is 7.40. The van der Waals surface area contributed by atoms with Gasteiger partial charge in [0.25, 0.3) is 0 Å². The van der Waals surface area contributed by atoms with Crippen molar-refractivity contribution in [3.05, 3.63) is 35.9 Å². The van der Waals surface area contributed by atoms with Crippen LogP contribution in [0.3, 0.4) is 0 Å². The second kappa shape index (κ2) is 9.69. The normalized spacial score (nSPS) is 23.5. The minimum absolute atomic E-state index is 0.0153. The highest BCUT2D eigenvalue weighted by Gasteiger charge is 2.25. The van der Waals surface area contributed by atoms with Gasteiger partial charge in [-0.3, -0.25) is 14.5 Å². The number of carbonyl (C=O) groups excluding carboxylic acids is 2. The predicted molar refractivity (Wildman–Crippen MR) is 101 cm³/mol. The topological polar surface area (TPSA) is 73.5 Å². The monoisotopic (exact) mass is 358 g/mol. The van der Waals surface area contributed by atoms with E-state index in [2.05, 4.69) is 20.9 Å². The van der Waals surface area contributed by atoms with Crippen LogP contribution < -0.4 is 16.0 Å². The van der Waals surface area contributed by atoms with Gasteiger partial charge >= 0.3 is 0 Å². The van der Waals surface area contributed by atoms with Crippen molar-refractivity contribution in [2.24, 2.45) is 5.92 Å². The van der Waals surface area contributed by atoms with E-state index in [1.165, 1.54) is 0 Å². The summed E-state index contributed by atoms with van der Waals surface area (Å²) >= 11 is 0. The van der Waals surface area contributed by atoms with Crippen LogP contribution in [0.4, 0.5) is 0 Å². The second-order valence-corrected chi connectivity index (χ2v) is 7.40. The molecular weight excluding hydrogens is 328 g/mol. The fourth-order valence-corrected chi connectivity index (χ4v) is 3.79. The van der Waals surface area contributed by atoms with Gasteiger partial charge in [0, 0.05) is 19.6 Å². The summed E-state index contributed by atoms with van der Waals surface area (Å²) in [5, 5.41) is 9.31. The van der Waals surface area contributed by atoms with Crippen molar-refractivity contribution in [3.63, 3.8) is 0 Å². The van der Waals surface area contributed by atoms with Crippen LogP contribution in [-0.2, 0) is 16.1 Å². The maximum atomic E-state index is 12.2. The zero-order valence-corrected chi connectivity index (χ0v) is 15.4. The van der Waals surface area contributed by atoms with Crippen molar-refractivity contribution in [3.8, 4) is 0 Å². The summed E-state index contributed by atoms with van der Waals surface area (Å²) in [5.74, 6) is 0.616. The third-order valence-corrected chi connectivity index (χ3v) is 5.24. The van der Waals surface area contributed by atoms with Crippen LogP contribution in [0.15, 0.2) is 30.3 Å². The molecule has 2 amide bonds. The maximum Gasteiger partial charge on any atom is 0.237 e. The largest absolute Gasteiger partial charge is 0.354 e. The molecule has 2 heterocycles. The first-order valence-corrected chi connectivity index (χ1v) is 9.75. The molecule has 6 heteroatoms. The van der Waals surface area contributed by atoms with Crippen molar-refractivity contribution >= 4 is 11.8 Å². The van der Waals surface area contributed by atoms with Crippen LogP contribution >= 0.6 is 0 Å². The Morgan fingerprint density at radius 1 is 1.12 bits per heavy atom. The number of nitrogens with one attached hydrogen (secondary N) is 3. The van der Waals surface area contributed by atoms with Gasteiger partial charge in [0.1, 0.15) is 0 Å². The molecule has 2 fully saturated rings. The summed E-state index contributed by atoms with van der Waals surface area (Å²) < 4.78 is 0. The summed E-state index contributed by atoms with van der Waals surface area (Å²) in [4.78, 5) is 26.5. The van der Waals surface area contributed by atoms with E-state index in [0.29, 0.717) is 25.6 Å². The number of hydrogen-bond acceptors (Lipinski definition) is 4. The molecule has 0 saturated carbocycles. The van der Waals surface area contributed by atoms with E-state index in [1.807, 2.05) is 30.3 Å². The molecule has 6 nitrogen and oxygen atoms in total. The molecule has 1 aromatic rings. The minimum atomic E-state index is -0.0153. The van der Waals surface area contributed by atoms with E-state index in [4.69, 9.17) is 0 Å². The molecule has 0 bridgehead atoms. The van der Waals surface area contributed by atoms with Crippen LogP contribution in [0.1, 0.15) is 31.2 Å². The number of carbonyl (C=O) groups is 2. The molecule has 0 aliphatic carbocycles. The van der Waals surface area contributed by atoms with Crippen molar-refractivity contribution < 1.29 is 9.59 Å².